The summed E-state index contributed by atoms with van der Waals surface area (Å²) in [4.78, 5) is 30.2. The average molecular weight is 250 g/mol. The third-order valence-corrected chi connectivity index (χ3v) is 1.38. The number of hydrogen-bond donors (Lipinski definition) is 0. The van der Waals surface area contributed by atoms with Crippen molar-refractivity contribution in [1.29, 1.82) is 0 Å². The molecule has 0 aliphatic heterocycles. The maximum absolute atomic E-state index is 10.2. The summed E-state index contributed by atoms with van der Waals surface area (Å²) >= 11 is 0. The van der Waals surface area contributed by atoms with E-state index in [0.717, 1.165) is 0 Å². The van der Waals surface area contributed by atoms with Gasteiger partial charge in [0.2, 0.25) is 0 Å². The van der Waals surface area contributed by atoms with Crippen molar-refractivity contribution in [3.63, 3.8) is 0 Å². The molecule has 0 amide bonds. The van der Waals surface area contributed by atoms with Crippen LogP contribution in [0.4, 0.5) is 0 Å². The zero-order valence-corrected chi connectivity index (χ0v) is 13.2. The van der Waals surface area contributed by atoms with E-state index in [4.69, 9.17) is 0 Å². The number of carbonyl (C=O) groups excluding carboxylic acids is 2. The Balaban J connectivity index is -0.000000845. The fourth-order valence-corrected chi connectivity index (χ4v) is 0.716. The first kappa shape index (κ1) is 21.4. The van der Waals surface area contributed by atoms with Crippen LogP contribution in [-0.2, 0) is 9.59 Å². The zero-order chi connectivity index (χ0) is 11.1. The molecule has 0 aromatic carbocycles. The second-order valence-electron chi connectivity index (χ2n) is 2.44. The first-order valence-corrected chi connectivity index (χ1v) is 3.72. The molecule has 16 heavy (non-hydrogen) atoms. The van der Waals surface area contributed by atoms with Gasteiger partial charge < -0.3 is 19.8 Å². The Labute approximate surface area is 136 Å². The maximum Gasteiger partial charge on any atom is 1.00 e. The summed E-state index contributed by atoms with van der Waals surface area (Å²) in [5, 5.41) is 29.8. The van der Waals surface area contributed by atoms with Crippen molar-refractivity contribution in [2.75, 3.05) is 13.1 Å². The van der Waals surface area contributed by atoms with Gasteiger partial charge in [0.15, 0.2) is 5.03 Å². The molecule has 0 saturated carbocycles. The van der Waals surface area contributed by atoms with Crippen LogP contribution in [-0.4, -0.2) is 35.1 Å². The van der Waals surface area contributed by atoms with Crippen molar-refractivity contribution >= 4 is 11.9 Å². The fraction of sp³-hybridized carbons (Fsp3) is 0.667. The summed E-state index contributed by atoms with van der Waals surface area (Å²) in [6, 6.07) is 0. The minimum absolute atomic E-state index is 0. The molecule has 8 nitrogen and oxygen atoms in total. The van der Waals surface area contributed by atoms with Crippen LogP contribution in [0.2, 0.25) is 0 Å². The number of aliphatic carboxylic acids is 2. The van der Waals surface area contributed by atoms with Crippen molar-refractivity contribution in [2.24, 2.45) is 0 Å². The van der Waals surface area contributed by atoms with E-state index in [1.807, 2.05) is 0 Å². The van der Waals surface area contributed by atoms with Crippen LogP contribution in [0.3, 0.4) is 0 Å². The minimum atomic E-state index is -1.43. The molecule has 0 unspecified atom stereocenters. The van der Waals surface area contributed by atoms with Gasteiger partial charge in [0.25, 0.3) is 0 Å². The Morgan fingerprint density at radius 2 is 1.31 bits per heavy atom. The normalized spacial score (nSPS) is 8.25. The van der Waals surface area contributed by atoms with E-state index < -0.39 is 29.8 Å². The first-order chi connectivity index (χ1) is 6.43. The summed E-state index contributed by atoms with van der Waals surface area (Å²) in [5.41, 5.74) is 0. The van der Waals surface area contributed by atoms with E-state index in [0.29, 0.717) is 5.01 Å². The van der Waals surface area contributed by atoms with Crippen LogP contribution in [0.15, 0.2) is 0 Å². The van der Waals surface area contributed by atoms with Gasteiger partial charge in [-0.25, -0.2) is 10.1 Å². The SMILES string of the molecule is O=C([O-])CCN(CCC(=O)[O-])[N+](=O)[O-].[Na+].[Na+]. The van der Waals surface area contributed by atoms with Crippen LogP contribution in [0.5, 0.6) is 0 Å². The molecule has 0 aliphatic carbocycles. The fourth-order valence-electron chi connectivity index (χ4n) is 0.716. The molecule has 0 bridgehead atoms. The van der Waals surface area contributed by atoms with Crippen molar-refractivity contribution in [2.45, 2.75) is 12.8 Å². The molecular formula is C6H8N2Na2O6. The van der Waals surface area contributed by atoms with Crippen molar-refractivity contribution in [3.05, 3.63) is 10.1 Å². The largest absolute Gasteiger partial charge is 1.00 e. The summed E-state index contributed by atoms with van der Waals surface area (Å²) in [6.07, 6.45) is -1.04. The third kappa shape index (κ3) is 12.2. The van der Waals surface area contributed by atoms with Crippen LogP contribution in [0.1, 0.15) is 12.8 Å². The van der Waals surface area contributed by atoms with Gasteiger partial charge in [-0.3, -0.25) is 0 Å². The number of nitro groups is 1. The predicted molar refractivity (Wildman–Crippen MR) is 37.8 cm³/mol. The van der Waals surface area contributed by atoms with Gasteiger partial charge in [0.1, 0.15) is 0 Å². The maximum atomic E-state index is 10.2. The molecule has 0 aromatic heterocycles. The molecule has 10 heteroatoms. The van der Waals surface area contributed by atoms with Gasteiger partial charge in [0.05, 0.1) is 13.1 Å². The number of carboxylic acid groups (broad SMARTS) is 2. The Hall–Kier alpha value is 0.140. The van der Waals surface area contributed by atoms with Gasteiger partial charge in [-0.15, -0.1) is 5.01 Å². The van der Waals surface area contributed by atoms with Gasteiger partial charge in [-0.05, 0) is 0 Å². The third-order valence-electron chi connectivity index (χ3n) is 1.38. The molecule has 0 spiro atoms. The molecule has 0 heterocycles. The quantitative estimate of drug-likeness (QED) is 0.249. The van der Waals surface area contributed by atoms with Crippen LogP contribution in [0, 0.1) is 10.1 Å². The molecule has 0 rings (SSSR count). The summed E-state index contributed by atoms with van der Waals surface area (Å²) in [7, 11) is 0. The number of hydrazine groups is 1. The van der Waals surface area contributed by atoms with E-state index in [2.05, 4.69) is 0 Å². The van der Waals surface area contributed by atoms with Crippen LogP contribution in [0.25, 0.3) is 0 Å². The van der Waals surface area contributed by atoms with Crippen molar-refractivity contribution in [3.8, 4) is 0 Å². The zero-order valence-electron chi connectivity index (χ0n) is 9.17. The summed E-state index contributed by atoms with van der Waals surface area (Å²) < 4.78 is 0. The van der Waals surface area contributed by atoms with E-state index in [-0.39, 0.29) is 72.2 Å². The summed E-state index contributed by atoms with van der Waals surface area (Å²) in [6.45, 7) is -0.773. The topological polar surface area (TPSA) is 127 Å². The molecular weight excluding hydrogens is 242 g/mol. The molecule has 0 aromatic rings. The summed E-state index contributed by atoms with van der Waals surface area (Å²) in [5.74, 6) is -2.85. The molecule has 80 valence electrons. The average Bonchev–Trinajstić information content (AvgIpc) is 2.02. The van der Waals surface area contributed by atoms with Gasteiger partial charge in [-0.2, -0.15) is 0 Å². The van der Waals surface area contributed by atoms with E-state index in [1.165, 1.54) is 0 Å². The number of carbonyl (C=O) groups is 2. The molecule has 0 fully saturated rings. The molecule has 0 radical (unpaired) electrons. The van der Waals surface area contributed by atoms with Gasteiger partial charge in [-0.1, -0.05) is 0 Å². The predicted octanol–water partition coefficient (Wildman–Crippen LogP) is -9.23. The number of rotatable bonds is 7. The molecule has 0 N–H and O–H groups in total. The van der Waals surface area contributed by atoms with E-state index in [9.17, 15) is 29.9 Å². The monoisotopic (exact) mass is 250 g/mol. The Bertz CT molecular complexity index is 231. The minimum Gasteiger partial charge on any atom is -0.550 e. The first-order valence-electron chi connectivity index (χ1n) is 3.72. The van der Waals surface area contributed by atoms with Crippen LogP contribution >= 0.6 is 0 Å². The smallest absolute Gasteiger partial charge is 0.550 e. The van der Waals surface area contributed by atoms with Crippen molar-refractivity contribution in [1.82, 2.24) is 5.01 Å². The molecule has 0 atom stereocenters. The van der Waals surface area contributed by atoms with Crippen molar-refractivity contribution < 1.29 is 83.9 Å². The van der Waals surface area contributed by atoms with E-state index in [1.54, 1.807) is 0 Å². The van der Waals surface area contributed by atoms with Gasteiger partial charge >= 0.3 is 59.1 Å². The van der Waals surface area contributed by atoms with Crippen LogP contribution < -0.4 is 69.3 Å². The molecule has 0 aliphatic rings. The molecule has 0 saturated heterocycles. The standard InChI is InChI=1S/C6H10N2O6.2Na/c9-5(10)1-3-7(8(13)14)4-2-6(11)12;;/h1-4H2,(H,9,10)(H,11,12);;/q;2*+1/p-2. The van der Waals surface area contributed by atoms with E-state index >= 15 is 0 Å². The Kier molecular flexibility index (Phi) is 15.6. The second-order valence-corrected chi connectivity index (χ2v) is 2.44. The Morgan fingerprint density at radius 3 is 1.50 bits per heavy atom. The number of hydrogen-bond acceptors (Lipinski definition) is 6. The Morgan fingerprint density at radius 1 is 1.00 bits per heavy atom. The number of nitrogens with zero attached hydrogens (tertiary/aromatic N) is 2. The number of carboxylic acids is 2. The van der Waals surface area contributed by atoms with Gasteiger partial charge in [0, 0.05) is 24.8 Å². The second kappa shape index (κ2) is 11.6.